The molecule has 1 aliphatic carbocycles. The van der Waals surface area contributed by atoms with Gasteiger partial charge in [0.25, 0.3) is 0 Å². The molecule has 0 heterocycles. The van der Waals surface area contributed by atoms with Crippen LogP contribution < -0.4 is 0 Å². The summed E-state index contributed by atoms with van der Waals surface area (Å²) in [5.41, 5.74) is 0. The first kappa shape index (κ1) is 9.05. The van der Waals surface area contributed by atoms with E-state index in [1.807, 2.05) is 0 Å². The molecule has 0 bridgehead atoms. The van der Waals surface area contributed by atoms with Crippen LogP contribution in [0.15, 0.2) is 48.6 Å². The summed E-state index contributed by atoms with van der Waals surface area (Å²) in [6.45, 7) is 0. The molecular formula is C12H16. The predicted octanol–water partition coefficient (Wildman–Crippen LogP) is 3.79. The van der Waals surface area contributed by atoms with Crippen LogP contribution >= 0.6 is 0 Å². The molecule has 0 aromatic carbocycles. The van der Waals surface area contributed by atoms with Crippen molar-refractivity contribution < 1.29 is 0 Å². The zero-order valence-electron chi connectivity index (χ0n) is 7.45. The van der Waals surface area contributed by atoms with Crippen molar-refractivity contribution in [2.45, 2.75) is 25.7 Å². The molecule has 0 spiro atoms. The summed E-state index contributed by atoms with van der Waals surface area (Å²) in [5, 5.41) is 0. The van der Waals surface area contributed by atoms with Crippen molar-refractivity contribution in [3.8, 4) is 0 Å². The molecule has 0 fully saturated rings. The van der Waals surface area contributed by atoms with E-state index in [1.165, 1.54) is 19.3 Å². The Bertz CT molecular complexity index is 204. The van der Waals surface area contributed by atoms with Gasteiger partial charge < -0.3 is 0 Å². The highest BCUT2D eigenvalue weighted by Crippen LogP contribution is 2.00. The summed E-state index contributed by atoms with van der Waals surface area (Å²) < 4.78 is 0. The predicted molar refractivity (Wildman–Crippen MR) is 55.0 cm³/mol. The highest BCUT2D eigenvalue weighted by molar-refractivity contribution is 5.12. The maximum absolute atomic E-state index is 2.27. The fourth-order valence-corrected chi connectivity index (χ4v) is 1.11. The largest absolute Gasteiger partial charge is 0.0882 e. The Labute approximate surface area is 75.0 Å². The number of hydrogen-bond donors (Lipinski definition) is 0. The minimum atomic E-state index is 1.06. The second kappa shape index (κ2) is 6.66. The molecule has 0 amide bonds. The summed E-state index contributed by atoms with van der Waals surface area (Å²) in [5.74, 6) is 0. The molecule has 12 heavy (non-hydrogen) atoms. The van der Waals surface area contributed by atoms with Crippen molar-refractivity contribution in [1.29, 1.82) is 0 Å². The van der Waals surface area contributed by atoms with Crippen LogP contribution in [0, 0.1) is 0 Å². The third-order valence-corrected chi connectivity index (χ3v) is 1.79. The van der Waals surface area contributed by atoms with Gasteiger partial charge in [0.05, 0.1) is 0 Å². The molecule has 0 saturated carbocycles. The minimum absolute atomic E-state index is 1.06. The molecule has 0 unspecified atom stereocenters. The van der Waals surface area contributed by atoms with Crippen molar-refractivity contribution in [3.63, 3.8) is 0 Å². The zero-order valence-corrected chi connectivity index (χ0v) is 7.45. The third-order valence-electron chi connectivity index (χ3n) is 1.79. The van der Waals surface area contributed by atoms with E-state index in [-0.39, 0.29) is 0 Å². The van der Waals surface area contributed by atoms with Crippen molar-refractivity contribution in [1.82, 2.24) is 0 Å². The van der Waals surface area contributed by atoms with Crippen LogP contribution in [0.2, 0.25) is 0 Å². The van der Waals surface area contributed by atoms with Crippen LogP contribution in [0.3, 0.4) is 0 Å². The SMILES string of the molecule is C1=CCCC/C=C/C/C=C\C=C\1. The number of hydrogen-bond acceptors (Lipinski definition) is 0. The first-order valence-electron chi connectivity index (χ1n) is 4.63. The van der Waals surface area contributed by atoms with E-state index in [0.717, 1.165) is 6.42 Å². The quantitative estimate of drug-likeness (QED) is 0.473. The Morgan fingerprint density at radius 3 is 2.25 bits per heavy atom. The van der Waals surface area contributed by atoms with E-state index in [0.29, 0.717) is 0 Å². The van der Waals surface area contributed by atoms with Gasteiger partial charge >= 0.3 is 0 Å². The molecule has 0 radical (unpaired) electrons. The lowest BCUT2D eigenvalue weighted by Gasteiger charge is -1.90. The number of rotatable bonds is 0. The summed E-state index contributed by atoms with van der Waals surface area (Å²) in [4.78, 5) is 0. The molecule has 0 aromatic heterocycles. The average Bonchev–Trinajstić information content (AvgIpc) is 2.05. The van der Waals surface area contributed by atoms with Crippen LogP contribution in [0.25, 0.3) is 0 Å². The van der Waals surface area contributed by atoms with E-state index in [2.05, 4.69) is 48.6 Å². The topological polar surface area (TPSA) is 0 Å². The van der Waals surface area contributed by atoms with Gasteiger partial charge in [0.15, 0.2) is 0 Å². The maximum Gasteiger partial charge on any atom is -0.0166 e. The molecule has 1 rings (SSSR count). The lowest BCUT2D eigenvalue weighted by molar-refractivity contribution is 0.866. The van der Waals surface area contributed by atoms with Gasteiger partial charge in [-0.2, -0.15) is 0 Å². The second-order valence-corrected chi connectivity index (χ2v) is 2.88. The van der Waals surface area contributed by atoms with Crippen molar-refractivity contribution >= 4 is 0 Å². The molecule has 0 atom stereocenters. The summed E-state index contributed by atoms with van der Waals surface area (Å²) in [6.07, 6.45) is 22.0. The lowest BCUT2D eigenvalue weighted by Crippen LogP contribution is -1.69. The summed E-state index contributed by atoms with van der Waals surface area (Å²) in [6, 6.07) is 0. The lowest BCUT2D eigenvalue weighted by atomic mass is 10.2. The molecule has 0 nitrogen and oxygen atoms in total. The van der Waals surface area contributed by atoms with Crippen molar-refractivity contribution in [3.05, 3.63) is 48.6 Å². The molecule has 0 aliphatic heterocycles. The monoisotopic (exact) mass is 160 g/mol. The number of allylic oxidation sites excluding steroid dienone is 8. The van der Waals surface area contributed by atoms with E-state index in [9.17, 15) is 0 Å². The fraction of sp³-hybridized carbons (Fsp3) is 0.333. The van der Waals surface area contributed by atoms with Crippen molar-refractivity contribution in [2.75, 3.05) is 0 Å². The van der Waals surface area contributed by atoms with Gasteiger partial charge in [-0.1, -0.05) is 48.6 Å². The van der Waals surface area contributed by atoms with E-state index < -0.39 is 0 Å². The molecule has 0 N–H and O–H groups in total. The molecule has 0 saturated heterocycles. The van der Waals surface area contributed by atoms with Gasteiger partial charge in [0.2, 0.25) is 0 Å². The standard InChI is InChI=1S/C12H16/c1-2-4-6-8-10-12-11-9-7-5-3-1/h1-6,9,11H,7-8,10,12H2/b2-1+,5-3-,6-4?,11-9+. The first-order chi connectivity index (χ1) is 6.00. The van der Waals surface area contributed by atoms with Crippen LogP contribution in [0.1, 0.15) is 25.7 Å². The van der Waals surface area contributed by atoms with E-state index in [4.69, 9.17) is 0 Å². The van der Waals surface area contributed by atoms with Gasteiger partial charge in [0, 0.05) is 0 Å². The van der Waals surface area contributed by atoms with Gasteiger partial charge in [0.1, 0.15) is 0 Å². The smallest absolute Gasteiger partial charge is 0.0166 e. The van der Waals surface area contributed by atoms with Gasteiger partial charge in [-0.25, -0.2) is 0 Å². The van der Waals surface area contributed by atoms with E-state index in [1.54, 1.807) is 0 Å². The normalized spacial score (nSPS) is 26.7. The Morgan fingerprint density at radius 1 is 0.583 bits per heavy atom. The van der Waals surface area contributed by atoms with Gasteiger partial charge in [-0.05, 0) is 25.7 Å². The Balaban J connectivity index is 2.42. The van der Waals surface area contributed by atoms with Gasteiger partial charge in [-0.15, -0.1) is 0 Å². The first-order valence-corrected chi connectivity index (χ1v) is 4.63. The second-order valence-electron chi connectivity index (χ2n) is 2.88. The molecule has 0 heteroatoms. The zero-order chi connectivity index (χ0) is 8.49. The highest BCUT2D eigenvalue weighted by Gasteiger charge is 1.80. The molecule has 1 aliphatic rings. The van der Waals surface area contributed by atoms with Crippen molar-refractivity contribution in [2.24, 2.45) is 0 Å². The maximum atomic E-state index is 2.27. The van der Waals surface area contributed by atoms with Crippen LogP contribution in [-0.4, -0.2) is 0 Å². The molecule has 0 aromatic rings. The average molecular weight is 160 g/mol. The van der Waals surface area contributed by atoms with Crippen LogP contribution in [-0.2, 0) is 0 Å². The molecular weight excluding hydrogens is 144 g/mol. The van der Waals surface area contributed by atoms with Crippen LogP contribution in [0.4, 0.5) is 0 Å². The Morgan fingerprint density at radius 2 is 1.33 bits per heavy atom. The summed E-state index contributed by atoms with van der Waals surface area (Å²) >= 11 is 0. The molecule has 64 valence electrons. The Hall–Kier alpha value is -1.04. The van der Waals surface area contributed by atoms with Gasteiger partial charge in [-0.3, -0.25) is 0 Å². The van der Waals surface area contributed by atoms with E-state index >= 15 is 0 Å². The highest BCUT2D eigenvalue weighted by atomic mass is 13.9. The Kier molecular flexibility index (Phi) is 5.02. The third kappa shape index (κ3) is 4.73. The minimum Gasteiger partial charge on any atom is -0.0882 e. The van der Waals surface area contributed by atoms with Crippen LogP contribution in [0.5, 0.6) is 0 Å². The fourth-order valence-electron chi connectivity index (χ4n) is 1.11. The summed E-state index contributed by atoms with van der Waals surface area (Å²) in [7, 11) is 0.